The van der Waals surface area contributed by atoms with Crippen LogP contribution in [-0.2, 0) is 0 Å². The Kier molecular flexibility index (Phi) is 7.34. The fourth-order valence-electron chi connectivity index (χ4n) is 1.80. The average molecular weight is 309 g/mol. The number of benzene rings is 1. The molecule has 6 N–H and O–H groups in total. The Morgan fingerprint density at radius 2 is 2.18 bits per heavy atom. The minimum Gasteiger partial charge on any atom is -0.489 e. The highest BCUT2D eigenvalue weighted by atomic mass is 19.1. The van der Waals surface area contributed by atoms with Gasteiger partial charge in [0.1, 0.15) is 23.5 Å². The molecule has 0 saturated heterocycles. The highest BCUT2D eigenvalue weighted by molar-refractivity contribution is 5.90. The van der Waals surface area contributed by atoms with E-state index in [0.29, 0.717) is 17.9 Å². The SMILES string of the molecule is CNN/C=C\C(=N)N[C@H](C)c1cc(F)ccc1O[C@@H](C)CN. The molecule has 7 heteroatoms. The summed E-state index contributed by atoms with van der Waals surface area (Å²) < 4.78 is 19.2. The van der Waals surface area contributed by atoms with E-state index in [-0.39, 0.29) is 23.8 Å². The predicted molar refractivity (Wildman–Crippen MR) is 86.2 cm³/mol. The zero-order chi connectivity index (χ0) is 16.5. The second-order valence-electron chi connectivity index (χ2n) is 4.85. The van der Waals surface area contributed by atoms with Gasteiger partial charge in [-0.2, -0.15) is 0 Å². The van der Waals surface area contributed by atoms with Crippen molar-refractivity contribution in [3.63, 3.8) is 0 Å². The van der Waals surface area contributed by atoms with Gasteiger partial charge in [0.2, 0.25) is 0 Å². The van der Waals surface area contributed by atoms with E-state index in [2.05, 4.69) is 16.2 Å². The number of nitrogens with two attached hydrogens (primary N) is 1. The fourth-order valence-corrected chi connectivity index (χ4v) is 1.80. The van der Waals surface area contributed by atoms with Crippen LogP contribution in [0.4, 0.5) is 4.39 Å². The Morgan fingerprint density at radius 3 is 2.82 bits per heavy atom. The molecule has 0 spiro atoms. The van der Waals surface area contributed by atoms with E-state index in [4.69, 9.17) is 15.9 Å². The largest absolute Gasteiger partial charge is 0.489 e. The number of hydrogen-bond acceptors (Lipinski definition) is 5. The van der Waals surface area contributed by atoms with Gasteiger partial charge in [0.05, 0.1) is 6.04 Å². The van der Waals surface area contributed by atoms with Gasteiger partial charge in [0.15, 0.2) is 0 Å². The van der Waals surface area contributed by atoms with E-state index >= 15 is 0 Å². The van der Waals surface area contributed by atoms with Gasteiger partial charge in [0.25, 0.3) is 0 Å². The maximum atomic E-state index is 13.5. The Hall–Kier alpha value is -2.12. The highest BCUT2D eigenvalue weighted by Gasteiger charge is 2.15. The number of halogens is 1. The van der Waals surface area contributed by atoms with E-state index in [0.717, 1.165) is 0 Å². The molecule has 0 aliphatic carbocycles. The molecule has 0 aliphatic heterocycles. The maximum absolute atomic E-state index is 13.5. The number of nitrogens with one attached hydrogen (secondary N) is 4. The second-order valence-corrected chi connectivity index (χ2v) is 4.85. The van der Waals surface area contributed by atoms with Crippen molar-refractivity contribution >= 4 is 5.84 Å². The third-order valence-electron chi connectivity index (χ3n) is 2.95. The minimum atomic E-state index is -0.352. The summed E-state index contributed by atoms with van der Waals surface area (Å²) in [6, 6.07) is 4.04. The van der Waals surface area contributed by atoms with Crippen molar-refractivity contribution in [3.8, 4) is 5.75 Å². The Morgan fingerprint density at radius 1 is 1.45 bits per heavy atom. The van der Waals surface area contributed by atoms with Crippen LogP contribution >= 0.6 is 0 Å². The Labute approximate surface area is 130 Å². The first kappa shape index (κ1) is 17.9. The summed E-state index contributed by atoms with van der Waals surface area (Å²) in [7, 11) is 1.72. The van der Waals surface area contributed by atoms with Crippen LogP contribution in [0, 0.1) is 11.2 Å². The molecule has 22 heavy (non-hydrogen) atoms. The highest BCUT2D eigenvalue weighted by Crippen LogP contribution is 2.27. The lowest BCUT2D eigenvalue weighted by Gasteiger charge is -2.21. The van der Waals surface area contributed by atoms with Gasteiger partial charge in [-0.1, -0.05) is 0 Å². The van der Waals surface area contributed by atoms with Crippen molar-refractivity contribution in [2.24, 2.45) is 5.73 Å². The third-order valence-corrected chi connectivity index (χ3v) is 2.95. The van der Waals surface area contributed by atoms with Crippen molar-refractivity contribution in [2.75, 3.05) is 13.6 Å². The van der Waals surface area contributed by atoms with E-state index in [1.807, 2.05) is 13.8 Å². The smallest absolute Gasteiger partial charge is 0.125 e. The summed E-state index contributed by atoms with van der Waals surface area (Å²) in [4.78, 5) is 0. The summed E-state index contributed by atoms with van der Waals surface area (Å²) in [6.07, 6.45) is 2.97. The standard InChI is InChI=1S/C15H24FN5O/c1-10(9-17)22-14-5-4-12(16)8-13(14)11(2)21-15(18)6-7-20-19-3/h4-8,10-11,19-20H,9,17H2,1-3H3,(H2,18,21)/b7-6-/t10-,11+/m0/s1. The zero-order valence-corrected chi connectivity index (χ0v) is 13.1. The number of hydrogen-bond donors (Lipinski definition) is 5. The molecule has 122 valence electrons. The van der Waals surface area contributed by atoms with Gasteiger partial charge < -0.3 is 21.2 Å². The van der Waals surface area contributed by atoms with Gasteiger partial charge in [0, 0.05) is 25.4 Å². The third kappa shape index (κ3) is 5.71. The molecule has 0 saturated carbocycles. The number of hydrazine groups is 1. The molecular weight excluding hydrogens is 285 g/mol. The number of amidine groups is 1. The van der Waals surface area contributed by atoms with E-state index in [1.54, 1.807) is 25.4 Å². The van der Waals surface area contributed by atoms with Crippen LogP contribution in [0.2, 0.25) is 0 Å². The summed E-state index contributed by atoms with van der Waals surface area (Å²) in [5.74, 6) is 0.400. The van der Waals surface area contributed by atoms with Gasteiger partial charge in [-0.25, -0.2) is 9.82 Å². The van der Waals surface area contributed by atoms with E-state index < -0.39 is 0 Å². The first-order valence-electron chi connectivity index (χ1n) is 7.08. The molecule has 1 rings (SSSR count). The summed E-state index contributed by atoms with van der Waals surface area (Å²) in [5, 5.41) is 10.8. The van der Waals surface area contributed by atoms with E-state index in [1.165, 1.54) is 12.1 Å². The molecule has 0 radical (unpaired) electrons. The number of ether oxygens (including phenoxy) is 1. The van der Waals surface area contributed by atoms with Crippen molar-refractivity contribution in [1.29, 1.82) is 5.41 Å². The first-order chi connectivity index (χ1) is 10.5. The maximum Gasteiger partial charge on any atom is 0.125 e. The first-order valence-corrected chi connectivity index (χ1v) is 7.08. The predicted octanol–water partition coefficient (Wildman–Crippen LogP) is 1.42. The lowest BCUT2D eigenvalue weighted by molar-refractivity contribution is 0.226. The van der Waals surface area contributed by atoms with E-state index in [9.17, 15) is 4.39 Å². The van der Waals surface area contributed by atoms with Crippen LogP contribution in [0.15, 0.2) is 30.5 Å². The molecule has 6 nitrogen and oxygen atoms in total. The van der Waals surface area contributed by atoms with Crippen molar-refractivity contribution in [1.82, 2.24) is 16.2 Å². The second kappa shape index (κ2) is 9.01. The van der Waals surface area contributed by atoms with Gasteiger partial charge in [-0.3, -0.25) is 5.41 Å². The molecular formula is C15H24FN5O. The fraction of sp³-hybridized carbons (Fsp3) is 0.400. The van der Waals surface area contributed by atoms with Crippen LogP contribution in [0.3, 0.4) is 0 Å². The Bertz CT molecular complexity index is 521. The average Bonchev–Trinajstić information content (AvgIpc) is 2.49. The van der Waals surface area contributed by atoms with Crippen molar-refractivity contribution in [2.45, 2.75) is 26.0 Å². The van der Waals surface area contributed by atoms with Gasteiger partial charge in [-0.15, -0.1) is 0 Å². The summed E-state index contributed by atoms with van der Waals surface area (Å²) >= 11 is 0. The lowest BCUT2D eigenvalue weighted by atomic mass is 10.1. The molecule has 0 bridgehead atoms. The molecule has 0 amide bonds. The van der Waals surface area contributed by atoms with Crippen LogP contribution in [0.25, 0.3) is 0 Å². The minimum absolute atomic E-state index is 0.171. The quantitative estimate of drug-likeness (QED) is 0.284. The molecule has 2 atom stereocenters. The summed E-state index contributed by atoms with van der Waals surface area (Å²) in [6.45, 7) is 4.05. The molecule has 0 fully saturated rings. The number of rotatable bonds is 8. The topological polar surface area (TPSA) is 95.2 Å². The van der Waals surface area contributed by atoms with Crippen LogP contribution in [0.1, 0.15) is 25.5 Å². The molecule has 0 heterocycles. The zero-order valence-electron chi connectivity index (χ0n) is 13.1. The van der Waals surface area contributed by atoms with Gasteiger partial charge >= 0.3 is 0 Å². The molecule has 1 aromatic carbocycles. The van der Waals surface area contributed by atoms with Crippen LogP contribution in [0.5, 0.6) is 5.75 Å². The molecule has 0 unspecified atom stereocenters. The van der Waals surface area contributed by atoms with Crippen LogP contribution in [-0.4, -0.2) is 25.5 Å². The lowest BCUT2D eigenvalue weighted by Crippen LogP contribution is -2.28. The monoisotopic (exact) mass is 309 g/mol. The summed E-state index contributed by atoms with van der Waals surface area (Å²) in [5.41, 5.74) is 11.6. The molecule has 0 aliphatic rings. The molecule has 0 aromatic heterocycles. The molecule has 1 aromatic rings. The Balaban J connectivity index is 2.84. The van der Waals surface area contributed by atoms with Crippen molar-refractivity contribution in [3.05, 3.63) is 41.9 Å². The van der Waals surface area contributed by atoms with Crippen molar-refractivity contribution < 1.29 is 9.13 Å². The van der Waals surface area contributed by atoms with Crippen LogP contribution < -0.4 is 26.6 Å². The van der Waals surface area contributed by atoms with Gasteiger partial charge in [-0.05, 0) is 38.1 Å². The normalized spacial score (nSPS) is 13.7.